The molecule has 0 saturated heterocycles. The summed E-state index contributed by atoms with van der Waals surface area (Å²) in [5, 5.41) is 17.6. The average molecular weight is 189 g/mol. The van der Waals surface area contributed by atoms with E-state index >= 15 is 0 Å². The van der Waals surface area contributed by atoms with Crippen LogP contribution in [0.5, 0.6) is 0 Å². The fourth-order valence-corrected chi connectivity index (χ4v) is 0.600. The quantitative estimate of drug-likeness (QED) is 0.277. The lowest BCUT2D eigenvalue weighted by molar-refractivity contribution is -0.369. The summed E-state index contributed by atoms with van der Waals surface area (Å²) in [5.74, 6) is -1.96. The molecule has 0 aliphatic rings. The molecule has 0 unspecified atom stereocenters. The van der Waals surface area contributed by atoms with Gasteiger partial charge in [0.05, 0.1) is 13.1 Å². The number of hydrogen-bond donors (Lipinski definition) is 3. The molecule has 13 heavy (non-hydrogen) atoms. The van der Waals surface area contributed by atoms with Crippen LogP contribution in [0.15, 0.2) is 12.2 Å². The molecule has 0 radical (unpaired) electrons. The molecule has 0 atom stereocenters. The monoisotopic (exact) mass is 189 g/mol. The van der Waals surface area contributed by atoms with E-state index < -0.39 is 11.9 Å². The lowest BCUT2D eigenvalue weighted by Gasteiger charge is -2.10. The minimum absolute atomic E-state index is 0.159. The van der Waals surface area contributed by atoms with Gasteiger partial charge in [0, 0.05) is 18.6 Å². The Bertz CT molecular complexity index is 215. The molecule has 0 aromatic heterocycles. The van der Waals surface area contributed by atoms with Gasteiger partial charge in [-0.2, -0.15) is 0 Å². The molecular weight excluding hydrogens is 176 g/mol. The second kappa shape index (κ2) is 6.15. The van der Waals surface area contributed by atoms with Gasteiger partial charge in [0.25, 0.3) is 5.91 Å². The Morgan fingerprint density at radius 3 is 2.46 bits per heavy atom. The summed E-state index contributed by atoms with van der Waals surface area (Å²) < 4.78 is 0. The van der Waals surface area contributed by atoms with E-state index in [0.29, 0.717) is 24.1 Å². The Morgan fingerprint density at radius 1 is 1.38 bits per heavy atom. The third-order valence-corrected chi connectivity index (χ3v) is 1.24. The maximum atomic E-state index is 10.9. The lowest BCUT2D eigenvalue weighted by atomic mass is 10.4. The predicted octanol–water partition coefficient (Wildman–Crippen LogP) is -1.52. The summed E-state index contributed by atoms with van der Waals surface area (Å²) in [5.41, 5.74) is 3.53. The molecule has 74 valence electrons. The summed E-state index contributed by atoms with van der Waals surface area (Å²) in [6, 6.07) is 0. The summed E-state index contributed by atoms with van der Waals surface area (Å²) in [4.78, 5) is 20.8. The zero-order valence-electron chi connectivity index (χ0n) is 7.14. The Kier molecular flexibility index (Phi) is 5.49. The zero-order valence-corrected chi connectivity index (χ0v) is 7.14. The van der Waals surface area contributed by atoms with Crippen LogP contribution >= 0.6 is 0 Å². The van der Waals surface area contributed by atoms with Gasteiger partial charge < -0.3 is 10.8 Å². The first-order chi connectivity index (χ1) is 6.07. The Labute approximate surface area is 75.2 Å². The third kappa shape index (κ3) is 5.83. The van der Waals surface area contributed by atoms with E-state index in [1.165, 1.54) is 0 Å². The highest BCUT2D eigenvalue weighted by molar-refractivity contribution is 5.93. The number of carbonyl (C=O) groups excluding carboxylic acids is 1. The van der Waals surface area contributed by atoms with Gasteiger partial charge in [-0.3, -0.25) is 10.0 Å². The van der Waals surface area contributed by atoms with Crippen LogP contribution in [-0.2, 0) is 9.59 Å². The van der Waals surface area contributed by atoms with Gasteiger partial charge in [-0.15, -0.1) is 0 Å². The van der Waals surface area contributed by atoms with Crippen molar-refractivity contribution in [2.24, 2.45) is 0 Å². The SMILES string of the molecule is [NH3+]CCCN(O)C(=O)/C=C/C(=O)O. The van der Waals surface area contributed by atoms with Crippen molar-refractivity contribution in [1.82, 2.24) is 5.06 Å². The molecule has 0 aliphatic heterocycles. The average Bonchev–Trinajstić information content (AvgIpc) is 2.10. The fourth-order valence-electron chi connectivity index (χ4n) is 0.600. The van der Waals surface area contributed by atoms with Crippen molar-refractivity contribution in [3.63, 3.8) is 0 Å². The molecule has 0 saturated carbocycles. The van der Waals surface area contributed by atoms with Gasteiger partial charge in [-0.25, -0.2) is 9.86 Å². The number of rotatable bonds is 5. The molecule has 0 spiro atoms. The second-order valence-electron chi connectivity index (χ2n) is 2.34. The first kappa shape index (κ1) is 11.6. The number of carboxylic acids is 1. The van der Waals surface area contributed by atoms with E-state index in [-0.39, 0.29) is 6.54 Å². The van der Waals surface area contributed by atoms with Crippen LogP contribution in [0.2, 0.25) is 0 Å². The Morgan fingerprint density at radius 2 is 2.00 bits per heavy atom. The number of quaternary nitrogens is 1. The topological polar surface area (TPSA) is 105 Å². The smallest absolute Gasteiger partial charge is 0.328 e. The number of amides is 1. The highest BCUT2D eigenvalue weighted by Gasteiger charge is 2.06. The molecule has 1 amide bonds. The predicted molar refractivity (Wildman–Crippen MR) is 42.6 cm³/mol. The van der Waals surface area contributed by atoms with Gasteiger partial charge in [0.1, 0.15) is 0 Å². The van der Waals surface area contributed by atoms with Crippen molar-refractivity contribution >= 4 is 11.9 Å². The minimum atomic E-state index is -1.22. The largest absolute Gasteiger partial charge is 0.478 e. The van der Waals surface area contributed by atoms with Crippen molar-refractivity contribution in [2.45, 2.75) is 6.42 Å². The molecular formula is C7H13N2O4+. The molecule has 0 bridgehead atoms. The molecule has 6 heteroatoms. The van der Waals surface area contributed by atoms with E-state index in [1.54, 1.807) is 0 Å². The number of aliphatic carboxylic acids is 1. The van der Waals surface area contributed by atoms with Crippen molar-refractivity contribution < 1.29 is 25.6 Å². The number of nitrogens with zero attached hydrogens (tertiary/aromatic N) is 1. The summed E-state index contributed by atoms with van der Waals surface area (Å²) >= 11 is 0. The number of hydrogen-bond acceptors (Lipinski definition) is 3. The number of hydroxylamine groups is 2. The molecule has 0 heterocycles. The summed E-state index contributed by atoms with van der Waals surface area (Å²) in [6.07, 6.45) is 2.05. The Hall–Kier alpha value is -1.40. The van der Waals surface area contributed by atoms with Crippen molar-refractivity contribution in [3.8, 4) is 0 Å². The van der Waals surface area contributed by atoms with Crippen LogP contribution in [0.4, 0.5) is 0 Å². The van der Waals surface area contributed by atoms with E-state index in [0.717, 1.165) is 6.08 Å². The first-order valence-electron chi connectivity index (χ1n) is 3.78. The standard InChI is InChI=1S/C7H12N2O4/c8-4-1-5-9(13)6(10)2-3-7(11)12/h2-3,13H,1,4-5,8H2,(H,11,12)/p+1/b3-2+. The normalized spacial score (nSPS) is 10.3. The molecule has 5 N–H and O–H groups in total. The zero-order chi connectivity index (χ0) is 10.3. The van der Waals surface area contributed by atoms with E-state index in [2.05, 4.69) is 5.73 Å². The van der Waals surface area contributed by atoms with Crippen LogP contribution in [0.25, 0.3) is 0 Å². The van der Waals surface area contributed by atoms with E-state index in [9.17, 15) is 9.59 Å². The number of carboxylic acid groups (broad SMARTS) is 1. The maximum absolute atomic E-state index is 10.9. The van der Waals surface area contributed by atoms with Gasteiger partial charge in [0.15, 0.2) is 0 Å². The van der Waals surface area contributed by atoms with Gasteiger partial charge in [-0.1, -0.05) is 0 Å². The van der Waals surface area contributed by atoms with E-state index in [1.807, 2.05) is 0 Å². The maximum Gasteiger partial charge on any atom is 0.328 e. The van der Waals surface area contributed by atoms with Crippen molar-refractivity contribution in [3.05, 3.63) is 12.2 Å². The van der Waals surface area contributed by atoms with Gasteiger partial charge in [-0.05, 0) is 0 Å². The second-order valence-corrected chi connectivity index (χ2v) is 2.34. The number of carbonyl (C=O) groups is 2. The molecule has 0 aromatic carbocycles. The van der Waals surface area contributed by atoms with E-state index in [4.69, 9.17) is 10.3 Å². The molecule has 0 fully saturated rings. The van der Waals surface area contributed by atoms with Crippen LogP contribution in [0, 0.1) is 0 Å². The summed E-state index contributed by atoms with van der Waals surface area (Å²) in [7, 11) is 0. The van der Waals surface area contributed by atoms with Gasteiger partial charge in [0.2, 0.25) is 0 Å². The molecule has 0 aromatic rings. The lowest BCUT2D eigenvalue weighted by Crippen LogP contribution is -2.51. The van der Waals surface area contributed by atoms with Gasteiger partial charge >= 0.3 is 5.97 Å². The Balaban J connectivity index is 3.89. The molecule has 0 aliphatic carbocycles. The third-order valence-electron chi connectivity index (χ3n) is 1.24. The highest BCUT2D eigenvalue weighted by Crippen LogP contribution is 1.88. The highest BCUT2D eigenvalue weighted by atomic mass is 16.5. The van der Waals surface area contributed by atoms with Crippen LogP contribution in [0.3, 0.4) is 0 Å². The van der Waals surface area contributed by atoms with Crippen LogP contribution in [-0.4, -0.2) is 40.3 Å². The fraction of sp³-hybridized carbons (Fsp3) is 0.429. The van der Waals surface area contributed by atoms with Crippen molar-refractivity contribution in [1.29, 1.82) is 0 Å². The minimum Gasteiger partial charge on any atom is -0.478 e. The van der Waals surface area contributed by atoms with Crippen LogP contribution in [0.1, 0.15) is 6.42 Å². The van der Waals surface area contributed by atoms with Crippen LogP contribution < -0.4 is 5.73 Å². The first-order valence-corrected chi connectivity index (χ1v) is 3.78. The molecule has 0 rings (SSSR count). The summed E-state index contributed by atoms with van der Waals surface area (Å²) in [6.45, 7) is 0.763. The molecule has 6 nitrogen and oxygen atoms in total. The van der Waals surface area contributed by atoms with Crippen molar-refractivity contribution in [2.75, 3.05) is 13.1 Å².